The zero-order valence-electron chi connectivity index (χ0n) is 14.5. The van der Waals surface area contributed by atoms with Gasteiger partial charge in [-0.05, 0) is 32.7 Å². The Bertz CT molecular complexity index is 454. The Kier molecular flexibility index (Phi) is 13.9. The molecule has 1 aliphatic rings. The highest BCUT2D eigenvalue weighted by Crippen LogP contribution is 2.03. The van der Waals surface area contributed by atoms with Gasteiger partial charge in [-0.2, -0.15) is 0 Å². The number of carboxylic acid groups (broad SMARTS) is 3. The van der Waals surface area contributed by atoms with E-state index in [1.165, 1.54) is 6.92 Å². The monoisotopic (exact) mass is 380 g/mol. The van der Waals surface area contributed by atoms with E-state index in [2.05, 4.69) is 5.32 Å². The lowest BCUT2D eigenvalue weighted by Crippen LogP contribution is -2.39. The first kappa shape index (κ1) is 26.0. The van der Waals surface area contributed by atoms with Crippen LogP contribution < -0.4 is 22.5 Å². The first-order chi connectivity index (χ1) is 11.9. The van der Waals surface area contributed by atoms with Crippen LogP contribution in [-0.4, -0.2) is 75.0 Å². The summed E-state index contributed by atoms with van der Waals surface area (Å²) < 4.78 is 0. The molecule has 12 nitrogen and oxygen atoms in total. The number of aliphatic hydroxyl groups is 1. The Balaban J connectivity index is 0. The highest BCUT2D eigenvalue weighted by Gasteiger charge is 2.20. The van der Waals surface area contributed by atoms with Gasteiger partial charge in [0.25, 0.3) is 0 Å². The van der Waals surface area contributed by atoms with Crippen LogP contribution in [0.15, 0.2) is 0 Å². The third kappa shape index (κ3) is 14.1. The van der Waals surface area contributed by atoms with Crippen LogP contribution >= 0.6 is 0 Å². The van der Waals surface area contributed by atoms with Gasteiger partial charge < -0.3 is 42.9 Å². The number of rotatable bonds is 7. The Hall–Kier alpha value is -2.28. The Morgan fingerprint density at radius 1 is 1.12 bits per heavy atom. The lowest BCUT2D eigenvalue weighted by atomic mass is 10.2. The molecule has 11 N–H and O–H groups in total. The summed E-state index contributed by atoms with van der Waals surface area (Å²) in [5.74, 6) is -3.54. The van der Waals surface area contributed by atoms with Crippen LogP contribution in [0.5, 0.6) is 0 Å². The molecule has 0 radical (unpaired) electrons. The molecule has 0 aromatic heterocycles. The summed E-state index contributed by atoms with van der Waals surface area (Å²) in [5.41, 5.74) is 14.7. The van der Waals surface area contributed by atoms with Crippen molar-refractivity contribution in [1.82, 2.24) is 5.32 Å². The molecule has 1 aliphatic heterocycles. The maximum atomic E-state index is 10.1. The predicted octanol–water partition coefficient (Wildman–Crippen LogP) is -2.73. The van der Waals surface area contributed by atoms with Gasteiger partial charge in [-0.15, -0.1) is 0 Å². The second-order valence-electron chi connectivity index (χ2n) is 5.54. The van der Waals surface area contributed by atoms with Crippen LogP contribution in [-0.2, 0) is 19.2 Å². The summed E-state index contributed by atoms with van der Waals surface area (Å²) in [4.78, 5) is 40.1. The Morgan fingerprint density at radius 2 is 1.65 bits per heavy atom. The Labute approximate surface area is 150 Å². The second-order valence-corrected chi connectivity index (χ2v) is 5.54. The standard InChI is InChI=1S/C5H10N2O3.C5H9NO2.C4H9NO3/c6-3(5(9)10)1-2-4(7)8;7-5(8)4-2-1-3-6-4;1-2(6)3(5)4(7)8/h3H,1-2,6H2,(H2,7,8)(H,9,10);4,6H,1-3H2,(H,7,8);2-3,6H,5H2,1H3,(H,7,8)/t;4-;/m.0./s1. The summed E-state index contributed by atoms with van der Waals surface area (Å²) in [6.07, 6.45) is 0.928. The van der Waals surface area contributed by atoms with Crippen molar-refractivity contribution in [2.24, 2.45) is 17.2 Å². The van der Waals surface area contributed by atoms with E-state index in [-0.39, 0.29) is 18.9 Å². The molecular weight excluding hydrogens is 352 g/mol. The van der Waals surface area contributed by atoms with E-state index >= 15 is 0 Å². The number of aliphatic hydroxyl groups excluding tert-OH is 1. The molecule has 0 saturated carbocycles. The van der Waals surface area contributed by atoms with Crippen LogP contribution in [0.3, 0.4) is 0 Å². The molecule has 0 aliphatic carbocycles. The number of nitrogens with one attached hydrogen (secondary N) is 1. The quantitative estimate of drug-likeness (QED) is 0.225. The van der Waals surface area contributed by atoms with E-state index in [1.807, 2.05) is 0 Å². The first-order valence-corrected chi connectivity index (χ1v) is 7.79. The van der Waals surface area contributed by atoms with E-state index in [0.29, 0.717) is 0 Å². The van der Waals surface area contributed by atoms with E-state index in [0.717, 1.165) is 19.4 Å². The second kappa shape index (κ2) is 13.9. The summed E-state index contributed by atoms with van der Waals surface area (Å²) in [7, 11) is 0. The van der Waals surface area contributed by atoms with Gasteiger partial charge in [0, 0.05) is 6.42 Å². The van der Waals surface area contributed by atoms with Crippen molar-refractivity contribution in [2.75, 3.05) is 6.54 Å². The third-order valence-electron chi connectivity index (χ3n) is 3.18. The normalized spacial score (nSPS) is 18.8. The fourth-order valence-corrected chi connectivity index (χ4v) is 1.52. The SMILES string of the molecule is CC(O)C(N)C(=O)O.NC(=O)CCC(N)C(=O)O.O=C(O)[C@@H]1CCCN1. The van der Waals surface area contributed by atoms with Gasteiger partial charge in [0.2, 0.25) is 5.91 Å². The zero-order valence-corrected chi connectivity index (χ0v) is 14.5. The number of primary amides is 1. The van der Waals surface area contributed by atoms with Gasteiger partial charge in [0.15, 0.2) is 0 Å². The van der Waals surface area contributed by atoms with Crippen LogP contribution in [0.4, 0.5) is 0 Å². The Morgan fingerprint density at radius 3 is 1.85 bits per heavy atom. The van der Waals surface area contributed by atoms with Gasteiger partial charge in [-0.25, -0.2) is 0 Å². The summed E-state index contributed by atoms with van der Waals surface area (Å²) in [6.45, 7) is 2.19. The van der Waals surface area contributed by atoms with Gasteiger partial charge in [0.1, 0.15) is 18.1 Å². The molecule has 0 bridgehead atoms. The maximum Gasteiger partial charge on any atom is 0.323 e. The number of aliphatic carboxylic acids is 3. The van der Waals surface area contributed by atoms with Crippen LogP contribution in [0.25, 0.3) is 0 Å². The predicted molar refractivity (Wildman–Crippen MR) is 90.0 cm³/mol. The van der Waals surface area contributed by atoms with Gasteiger partial charge >= 0.3 is 17.9 Å². The van der Waals surface area contributed by atoms with Gasteiger partial charge in [-0.1, -0.05) is 0 Å². The van der Waals surface area contributed by atoms with Gasteiger partial charge in [0.05, 0.1) is 6.10 Å². The lowest BCUT2D eigenvalue weighted by Gasteiger charge is -2.06. The molecule has 1 saturated heterocycles. The average Bonchev–Trinajstić information content (AvgIpc) is 3.07. The van der Waals surface area contributed by atoms with Crippen molar-refractivity contribution in [1.29, 1.82) is 0 Å². The molecule has 4 atom stereocenters. The van der Waals surface area contributed by atoms with E-state index < -0.39 is 42.0 Å². The van der Waals surface area contributed by atoms with Gasteiger partial charge in [-0.3, -0.25) is 19.2 Å². The topological polar surface area (TPSA) is 239 Å². The minimum Gasteiger partial charge on any atom is -0.480 e. The third-order valence-corrected chi connectivity index (χ3v) is 3.18. The zero-order chi connectivity index (χ0) is 20.9. The van der Waals surface area contributed by atoms with Crippen molar-refractivity contribution in [3.8, 4) is 0 Å². The molecule has 0 aromatic carbocycles. The smallest absolute Gasteiger partial charge is 0.323 e. The van der Waals surface area contributed by atoms with Crippen LogP contribution in [0.1, 0.15) is 32.6 Å². The van der Waals surface area contributed by atoms with Crippen molar-refractivity contribution >= 4 is 23.8 Å². The van der Waals surface area contributed by atoms with Crippen molar-refractivity contribution in [2.45, 2.75) is 56.8 Å². The summed E-state index contributed by atoms with van der Waals surface area (Å²) in [5, 5.41) is 36.0. The van der Waals surface area contributed by atoms with E-state index in [1.54, 1.807) is 0 Å². The molecule has 152 valence electrons. The molecule has 0 spiro atoms. The number of nitrogens with two attached hydrogens (primary N) is 3. The number of carbonyl (C=O) groups is 4. The van der Waals surface area contributed by atoms with E-state index in [9.17, 15) is 19.2 Å². The molecule has 26 heavy (non-hydrogen) atoms. The summed E-state index contributed by atoms with van der Waals surface area (Å²) in [6, 6.07) is -2.41. The number of amides is 1. The van der Waals surface area contributed by atoms with E-state index in [4.69, 9.17) is 37.6 Å². The summed E-state index contributed by atoms with van der Waals surface area (Å²) >= 11 is 0. The lowest BCUT2D eigenvalue weighted by molar-refractivity contribution is -0.141. The van der Waals surface area contributed by atoms with Crippen molar-refractivity contribution < 1.29 is 39.6 Å². The number of hydrogen-bond acceptors (Lipinski definition) is 8. The average molecular weight is 380 g/mol. The molecule has 1 rings (SSSR count). The molecule has 12 heteroatoms. The highest BCUT2D eigenvalue weighted by atomic mass is 16.4. The molecule has 1 heterocycles. The molecule has 0 aromatic rings. The fraction of sp³-hybridized carbons (Fsp3) is 0.714. The fourth-order valence-electron chi connectivity index (χ4n) is 1.52. The minimum atomic E-state index is -1.18. The maximum absolute atomic E-state index is 10.1. The molecule has 3 unspecified atom stereocenters. The minimum absolute atomic E-state index is 0.0213. The van der Waals surface area contributed by atoms with Crippen molar-refractivity contribution in [3.05, 3.63) is 0 Å². The highest BCUT2D eigenvalue weighted by molar-refractivity contribution is 5.77. The van der Waals surface area contributed by atoms with Crippen LogP contribution in [0.2, 0.25) is 0 Å². The molecule has 1 amide bonds. The largest absolute Gasteiger partial charge is 0.480 e. The van der Waals surface area contributed by atoms with Crippen LogP contribution in [0, 0.1) is 0 Å². The van der Waals surface area contributed by atoms with Crippen molar-refractivity contribution in [3.63, 3.8) is 0 Å². The number of carboxylic acids is 3. The molecule has 1 fully saturated rings. The molecular formula is C14H28N4O8. The number of carbonyl (C=O) groups excluding carboxylic acids is 1. The number of hydrogen-bond donors (Lipinski definition) is 8. The first-order valence-electron chi connectivity index (χ1n) is 7.79.